The van der Waals surface area contributed by atoms with Crippen molar-refractivity contribution < 1.29 is 13.9 Å². The number of anilines is 1. The lowest BCUT2D eigenvalue weighted by molar-refractivity contribution is -0.0233. The number of rotatable bonds is 4. The van der Waals surface area contributed by atoms with E-state index in [9.17, 15) is 0 Å². The maximum Gasteiger partial charge on any atom is 0.298 e. The summed E-state index contributed by atoms with van der Waals surface area (Å²) in [5, 5.41) is 0. The summed E-state index contributed by atoms with van der Waals surface area (Å²) in [6.07, 6.45) is 2.20. The number of aromatic nitrogens is 1. The Bertz CT molecular complexity index is 916. The first-order valence-corrected chi connectivity index (χ1v) is 9.95. The van der Waals surface area contributed by atoms with E-state index in [-0.39, 0.29) is 6.23 Å². The van der Waals surface area contributed by atoms with Gasteiger partial charge in [-0.2, -0.15) is 4.98 Å². The minimum Gasteiger partial charge on any atom is -0.484 e. The predicted octanol–water partition coefficient (Wildman–Crippen LogP) is 3.77. The molecule has 0 aliphatic carbocycles. The van der Waals surface area contributed by atoms with Crippen LogP contribution >= 0.6 is 0 Å². The first-order chi connectivity index (χ1) is 13.8. The van der Waals surface area contributed by atoms with Gasteiger partial charge >= 0.3 is 0 Å². The maximum atomic E-state index is 6.12. The van der Waals surface area contributed by atoms with Gasteiger partial charge in [-0.05, 0) is 50.1 Å². The number of likely N-dealkylation sites (N-methyl/N-ethyl adjacent to an activating group) is 1. The summed E-state index contributed by atoms with van der Waals surface area (Å²) in [5.41, 5.74) is 1.78. The average Bonchev–Trinajstić information content (AvgIpc) is 3.18. The highest BCUT2D eigenvalue weighted by Gasteiger charge is 2.28. The molecule has 1 saturated heterocycles. The Morgan fingerprint density at radius 3 is 2.61 bits per heavy atom. The highest BCUT2D eigenvalue weighted by Crippen LogP contribution is 2.32. The molecule has 1 atom stereocenters. The molecule has 1 unspecified atom stereocenters. The molecule has 3 aromatic rings. The highest BCUT2D eigenvalue weighted by molar-refractivity contribution is 5.74. The molecule has 1 aromatic heterocycles. The van der Waals surface area contributed by atoms with E-state index in [1.165, 1.54) is 0 Å². The number of piperidine rings is 1. The van der Waals surface area contributed by atoms with Crippen LogP contribution in [0.2, 0.25) is 0 Å². The third kappa shape index (κ3) is 3.40. The second-order valence-electron chi connectivity index (χ2n) is 7.66. The Morgan fingerprint density at radius 2 is 1.79 bits per heavy atom. The van der Waals surface area contributed by atoms with Gasteiger partial charge < -0.3 is 18.8 Å². The summed E-state index contributed by atoms with van der Waals surface area (Å²) < 4.78 is 17.9. The van der Waals surface area contributed by atoms with Crippen LogP contribution in [-0.2, 0) is 0 Å². The quantitative estimate of drug-likeness (QED) is 0.688. The van der Waals surface area contributed by atoms with E-state index < -0.39 is 0 Å². The molecule has 0 amide bonds. The Labute approximate surface area is 164 Å². The lowest BCUT2D eigenvalue weighted by atomic mass is 9.96. The molecular weight excluding hydrogens is 354 g/mol. The fraction of sp³-hybridized carbons (Fsp3) is 0.409. The van der Waals surface area contributed by atoms with Gasteiger partial charge in [0.05, 0.1) is 0 Å². The van der Waals surface area contributed by atoms with Gasteiger partial charge in [-0.1, -0.05) is 24.3 Å². The van der Waals surface area contributed by atoms with Gasteiger partial charge in [-0.15, -0.1) is 0 Å². The van der Waals surface area contributed by atoms with Crippen LogP contribution in [0.15, 0.2) is 52.9 Å². The fourth-order valence-corrected chi connectivity index (χ4v) is 4.05. The summed E-state index contributed by atoms with van der Waals surface area (Å²) in [5.74, 6) is 2.29. The van der Waals surface area contributed by atoms with E-state index in [0.29, 0.717) is 12.5 Å². The van der Waals surface area contributed by atoms with Gasteiger partial charge in [0.1, 0.15) is 12.1 Å². The van der Waals surface area contributed by atoms with Crippen molar-refractivity contribution in [1.29, 1.82) is 0 Å². The smallest absolute Gasteiger partial charge is 0.298 e. The summed E-state index contributed by atoms with van der Waals surface area (Å²) in [4.78, 5) is 9.16. The molecule has 146 valence electrons. The standard InChI is InChI=1S/C22H25N3O3/c1-24(21-15-26-19-8-4-5-9-20(19)27-21)14-16-10-12-25(13-11-16)22-23-17-6-2-3-7-18(17)28-22/h2-9,16,21H,10-15H2,1H3. The topological polar surface area (TPSA) is 51.0 Å². The van der Waals surface area contributed by atoms with Crippen LogP contribution in [0.3, 0.4) is 0 Å². The lowest BCUT2D eigenvalue weighted by Gasteiger charge is -2.37. The van der Waals surface area contributed by atoms with E-state index in [1.54, 1.807) is 0 Å². The molecule has 1 fully saturated rings. The highest BCUT2D eigenvalue weighted by atomic mass is 16.6. The Balaban J connectivity index is 1.16. The van der Waals surface area contributed by atoms with Crippen LogP contribution in [0.4, 0.5) is 6.01 Å². The monoisotopic (exact) mass is 379 g/mol. The van der Waals surface area contributed by atoms with Gasteiger partial charge in [-0.25, -0.2) is 0 Å². The number of hydrogen-bond donors (Lipinski definition) is 0. The van der Waals surface area contributed by atoms with Gasteiger partial charge in [0, 0.05) is 19.6 Å². The van der Waals surface area contributed by atoms with Gasteiger partial charge in [0.15, 0.2) is 23.3 Å². The van der Waals surface area contributed by atoms with E-state index in [1.807, 2.05) is 48.5 Å². The van der Waals surface area contributed by atoms with Crippen molar-refractivity contribution >= 4 is 17.1 Å². The largest absolute Gasteiger partial charge is 0.484 e. The molecule has 0 N–H and O–H groups in total. The number of fused-ring (bicyclic) bond motifs is 2. The number of benzene rings is 2. The van der Waals surface area contributed by atoms with Crippen LogP contribution in [0.5, 0.6) is 11.5 Å². The van der Waals surface area contributed by atoms with Crippen molar-refractivity contribution in [3.8, 4) is 11.5 Å². The first-order valence-electron chi connectivity index (χ1n) is 9.95. The molecule has 6 nitrogen and oxygen atoms in total. The van der Waals surface area contributed by atoms with Crippen LogP contribution in [0, 0.1) is 5.92 Å². The average molecular weight is 379 g/mol. The second kappa shape index (κ2) is 7.36. The van der Waals surface area contributed by atoms with Crippen LogP contribution in [-0.4, -0.2) is 49.4 Å². The summed E-state index contributed by atoms with van der Waals surface area (Å²) >= 11 is 0. The van der Waals surface area contributed by atoms with Crippen molar-refractivity contribution in [3.05, 3.63) is 48.5 Å². The zero-order valence-electron chi connectivity index (χ0n) is 16.1. The molecule has 0 radical (unpaired) electrons. The minimum atomic E-state index is -0.0371. The molecular formula is C22H25N3O3. The molecule has 2 aliphatic rings. The summed E-state index contributed by atoms with van der Waals surface area (Å²) in [7, 11) is 2.12. The first kappa shape index (κ1) is 17.4. The Kier molecular flexibility index (Phi) is 4.56. The van der Waals surface area contributed by atoms with E-state index >= 15 is 0 Å². The van der Waals surface area contributed by atoms with E-state index in [0.717, 1.165) is 61.1 Å². The fourth-order valence-electron chi connectivity index (χ4n) is 4.05. The second-order valence-corrected chi connectivity index (χ2v) is 7.66. The van der Waals surface area contributed by atoms with Crippen LogP contribution in [0.25, 0.3) is 11.1 Å². The molecule has 6 heteroatoms. The van der Waals surface area contributed by atoms with E-state index in [4.69, 9.17) is 13.9 Å². The number of hydrogen-bond acceptors (Lipinski definition) is 6. The number of ether oxygens (including phenoxy) is 2. The molecule has 3 heterocycles. The van der Waals surface area contributed by atoms with Crippen molar-refractivity contribution in [1.82, 2.24) is 9.88 Å². The molecule has 2 aliphatic heterocycles. The van der Waals surface area contributed by atoms with Crippen molar-refractivity contribution in [3.63, 3.8) is 0 Å². The number of oxazole rings is 1. The van der Waals surface area contributed by atoms with Gasteiger partial charge in [-0.3, -0.25) is 4.90 Å². The van der Waals surface area contributed by atoms with Crippen LogP contribution < -0.4 is 14.4 Å². The summed E-state index contributed by atoms with van der Waals surface area (Å²) in [6, 6.07) is 16.5. The van der Waals surface area contributed by atoms with Crippen molar-refractivity contribution in [2.75, 3.05) is 38.2 Å². The van der Waals surface area contributed by atoms with Crippen molar-refractivity contribution in [2.45, 2.75) is 19.1 Å². The zero-order valence-corrected chi connectivity index (χ0v) is 16.1. The predicted molar refractivity (Wildman–Crippen MR) is 108 cm³/mol. The number of nitrogens with zero attached hydrogens (tertiary/aromatic N) is 3. The third-order valence-electron chi connectivity index (χ3n) is 5.70. The molecule has 28 heavy (non-hydrogen) atoms. The zero-order chi connectivity index (χ0) is 18.9. The third-order valence-corrected chi connectivity index (χ3v) is 5.70. The van der Waals surface area contributed by atoms with Gasteiger partial charge in [0.2, 0.25) is 0 Å². The molecule has 0 saturated carbocycles. The molecule has 0 bridgehead atoms. The molecule has 5 rings (SSSR count). The Morgan fingerprint density at radius 1 is 1.04 bits per heavy atom. The number of para-hydroxylation sites is 4. The Hall–Kier alpha value is -2.73. The van der Waals surface area contributed by atoms with Crippen LogP contribution in [0.1, 0.15) is 12.8 Å². The van der Waals surface area contributed by atoms with Crippen molar-refractivity contribution in [2.24, 2.45) is 5.92 Å². The summed E-state index contributed by atoms with van der Waals surface area (Å²) in [6.45, 7) is 3.50. The normalized spacial score (nSPS) is 20.1. The van der Waals surface area contributed by atoms with E-state index in [2.05, 4.69) is 21.8 Å². The molecule has 0 spiro atoms. The minimum absolute atomic E-state index is 0.0371. The lowest BCUT2D eigenvalue weighted by Crippen LogP contribution is -2.46. The maximum absolute atomic E-state index is 6.12. The molecule has 2 aromatic carbocycles. The SMILES string of the molecule is CN(CC1CCN(c2nc3ccccc3o2)CC1)C1COc2ccccc2O1. The van der Waals surface area contributed by atoms with Gasteiger partial charge in [0.25, 0.3) is 6.01 Å².